The second-order valence-electron chi connectivity index (χ2n) is 6.43. The van der Waals surface area contributed by atoms with E-state index in [1.54, 1.807) is 29.5 Å². The molecule has 5 nitrogen and oxygen atoms in total. The number of carbonyl (C=O) groups is 1. The molecule has 142 valence electrons. The lowest BCUT2D eigenvalue weighted by Crippen LogP contribution is -2.48. The molecule has 0 aliphatic carbocycles. The average molecular weight is 394 g/mol. The third-order valence-electron chi connectivity index (χ3n) is 4.64. The molecule has 1 aliphatic rings. The van der Waals surface area contributed by atoms with Gasteiger partial charge < -0.3 is 9.80 Å². The van der Waals surface area contributed by atoms with Crippen LogP contribution in [0, 0.1) is 5.82 Å². The topological polar surface area (TPSA) is 49.3 Å². The molecule has 0 bridgehead atoms. The largest absolute Gasteiger partial charge is 0.353 e. The van der Waals surface area contributed by atoms with Gasteiger partial charge in [0.1, 0.15) is 18.0 Å². The number of nitrogens with zero attached hydrogens (tertiary/aromatic N) is 4. The number of hydrogen-bond acceptors (Lipinski definition) is 5. The van der Waals surface area contributed by atoms with Gasteiger partial charge in [-0.3, -0.25) is 4.79 Å². The summed E-state index contributed by atoms with van der Waals surface area (Å²) in [5, 5.41) is 1.99. The van der Waals surface area contributed by atoms with Crippen LogP contribution in [0.5, 0.6) is 0 Å². The van der Waals surface area contributed by atoms with Gasteiger partial charge in [-0.15, -0.1) is 11.3 Å². The summed E-state index contributed by atoms with van der Waals surface area (Å²) >= 11 is 1.61. The van der Waals surface area contributed by atoms with Gasteiger partial charge in [-0.25, -0.2) is 14.4 Å². The number of benzene rings is 1. The van der Waals surface area contributed by atoms with Crippen molar-refractivity contribution in [2.24, 2.45) is 0 Å². The summed E-state index contributed by atoms with van der Waals surface area (Å²) in [4.78, 5) is 26.1. The molecule has 7 heteroatoms. The first kappa shape index (κ1) is 18.3. The molecule has 0 saturated carbocycles. The van der Waals surface area contributed by atoms with E-state index in [0.717, 1.165) is 22.0 Å². The normalized spacial score (nSPS) is 14.6. The Kier molecular flexibility index (Phi) is 5.43. The second-order valence-corrected chi connectivity index (χ2v) is 7.41. The second kappa shape index (κ2) is 8.31. The zero-order valence-electron chi connectivity index (χ0n) is 15.2. The van der Waals surface area contributed by atoms with E-state index >= 15 is 0 Å². The minimum Gasteiger partial charge on any atom is -0.353 e. The number of aromatic nitrogens is 2. The Bertz CT molecular complexity index is 964. The fourth-order valence-electron chi connectivity index (χ4n) is 3.10. The number of piperazine rings is 1. The minimum absolute atomic E-state index is 0.0303. The Labute approximate surface area is 166 Å². The maximum Gasteiger partial charge on any atom is 0.246 e. The van der Waals surface area contributed by atoms with Crippen molar-refractivity contribution in [3.8, 4) is 11.3 Å². The van der Waals surface area contributed by atoms with Crippen LogP contribution in [0.1, 0.15) is 4.88 Å². The Balaban J connectivity index is 1.39. The van der Waals surface area contributed by atoms with E-state index in [1.807, 2.05) is 34.6 Å². The van der Waals surface area contributed by atoms with Crippen molar-refractivity contribution >= 4 is 29.1 Å². The van der Waals surface area contributed by atoms with Crippen molar-refractivity contribution < 1.29 is 9.18 Å². The molecule has 1 aromatic carbocycles. The van der Waals surface area contributed by atoms with E-state index in [9.17, 15) is 9.18 Å². The van der Waals surface area contributed by atoms with Crippen molar-refractivity contribution in [2.75, 3.05) is 31.1 Å². The van der Waals surface area contributed by atoms with Gasteiger partial charge in [0.25, 0.3) is 0 Å². The molecule has 4 rings (SSSR count). The fourth-order valence-corrected chi connectivity index (χ4v) is 3.72. The molecule has 3 heterocycles. The van der Waals surface area contributed by atoms with Gasteiger partial charge in [0.2, 0.25) is 5.91 Å². The number of rotatable bonds is 4. The first-order valence-electron chi connectivity index (χ1n) is 9.02. The zero-order valence-corrected chi connectivity index (χ0v) is 16.0. The Morgan fingerprint density at radius 3 is 2.57 bits per heavy atom. The standard InChI is InChI=1S/C21H19FN4OS/c22-17-5-3-16(4-6-17)19-14-20(24-15-23-19)25-9-11-26(12-10-25)21(27)8-7-18-2-1-13-28-18/h1-8,13-15H,9-12H2/b8-7-. The van der Waals surface area contributed by atoms with Crippen LogP contribution in [0.25, 0.3) is 17.3 Å². The van der Waals surface area contributed by atoms with Gasteiger partial charge in [0.05, 0.1) is 5.69 Å². The smallest absolute Gasteiger partial charge is 0.246 e. The molecule has 0 atom stereocenters. The summed E-state index contributed by atoms with van der Waals surface area (Å²) in [6.07, 6.45) is 5.02. The van der Waals surface area contributed by atoms with Gasteiger partial charge in [0, 0.05) is 48.8 Å². The van der Waals surface area contributed by atoms with Crippen molar-refractivity contribution in [3.63, 3.8) is 0 Å². The highest BCUT2D eigenvalue weighted by Gasteiger charge is 2.21. The van der Waals surface area contributed by atoms with E-state index < -0.39 is 0 Å². The fraction of sp³-hybridized carbons (Fsp3) is 0.190. The Morgan fingerprint density at radius 1 is 1.07 bits per heavy atom. The van der Waals surface area contributed by atoms with Gasteiger partial charge in [-0.05, 0) is 41.8 Å². The molecule has 2 aromatic heterocycles. The van der Waals surface area contributed by atoms with Crippen molar-refractivity contribution in [1.29, 1.82) is 0 Å². The average Bonchev–Trinajstić information content (AvgIpc) is 3.26. The molecule has 3 aromatic rings. The molecule has 1 amide bonds. The molecule has 0 unspecified atom stereocenters. The van der Waals surface area contributed by atoms with E-state index in [4.69, 9.17) is 0 Å². The molecule has 0 spiro atoms. The minimum atomic E-state index is -0.271. The lowest BCUT2D eigenvalue weighted by molar-refractivity contribution is -0.126. The van der Waals surface area contributed by atoms with Gasteiger partial charge in [0.15, 0.2) is 0 Å². The predicted octanol–water partition coefficient (Wildman–Crippen LogP) is 3.71. The van der Waals surface area contributed by atoms with Crippen LogP contribution in [0.15, 0.2) is 60.2 Å². The molecule has 28 heavy (non-hydrogen) atoms. The van der Waals surface area contributed by atoms with Crippen LogP contribution in [-0.2, 0) is 4.79 Å². The van der Waals surface area contributed by atoms with E-state index in [2.05, 4.69) is 14.9 Å². The van der Waals surface area contributed by atoms with Crippen LogP contribution in [-0.4, -0.2) is 47.0 Å². The quantitative estimate of drug-likeness (QED) is 0.633. The van der Waals surface area contributed by atoms with Crippen LogP contribution < -0.4 is 4.90 Å². The molecule has 1 fully saturated rings. The molecular weight excluding hydrogens is 375 g/mol. The van der Waals surface area contributed by atoms with Crippen molar-refractivity contribution in [3.05, 3.63) is 70.9 Å². The molecule has 0 radical (unpaired) electrons. The van der Waals surface area contributed by atoms with E-state index in [-0.39, 0.29) is 11.7 Å². The number of anilines is 1. The Hall–Kier alpha value is -3.06. The number of carbonyl (C=O) groups excluding carboxylic acids is 1. The number of amides is 1. The first-order chi connectivity index (χ1) is 13.7. The van der Waals surface area contributed by atoms with Crippen molar-refractivity contribution in [2.45, 2.75) is 0 Å². The molecule has 1 saturated heterocycles. The Morgan fingerprint density at radius 2 is 1.86 bits per heavy atom. The summed E-state index contributed by atoms with van der Waals surface area (Å²) < 4.78 is 13.1. The molecular formula is C21H19FN4OS. The lowest BCUT2D eigenvalue weighted by atomic mass is 10.1. The molecule has 1 aliphatic heterocycles. The van der Waals surface area contributed by atoms with Gasteiger partial charge in [-0.2, -0.15) is 0 Å². The first-order valence-corrected chi connectivity index (χ1v) is 9.90. The number of hydrogen-bond donors (Lipinski definition) is 0. The van der Waals surface area contributed by atoms with E-state index in [0.29, 0.717) is 26.2 Å². The van der Waals surface area contributed by atoms with Gasteiger partial charge >= 0.3 is 0 Å². The SMILES string of the molecule is O=C(/C=C\c1cccs1)N1CCN(c2cc(-c3ccc(F)cc3)ncn2)CC1. The predicted molar refractivity (Wildman–Crippen MR) is 110 cm³/mol. The monoisotopic (exact) mass is 394 g/mol. The summed E-state index contributed by atoms with van der Waals surface area (Å²) in [6, 6.07) is 12.1. The van der Waals surface area contributed by atoms with Crippen LogP contribution in [0.3, 0.4) is 0 Å². The summed E-state index contributed by atoms with van der Waals surface area (Å²) in [7, 11) is 0. The van der Waals surface area contributed by atoms with Crippen LogP contribution in [0.4, 0.5) is 10.2 Å². The number of thiophene rings is 1. The summed E-state index contributed by atoms with van der Waals surface area (Å²) in [5.74, 6) is 0.574. The highest BCUT2D eigenvalue weighted by molar-refractivity contribution is 7.10. The third-order valence-corrected chi connectivity index (χ3v) is 5.48. The lowest BCUT2D eigenvalue weighted by Gasteiger charge is -2.35. The summed E-state index contributed by atoms with van der Waals surface area (Å²) in [6.45, 7) is 2.70. The maximum absolute atomic E-state index is 13.1. The third kappa shape index (κ3) is 4.26. The van der Waals surface area contributed by atoms with E-state index in [1.165, 1.54) is 18.5 Å². The van der Waals surface area contributed by atoms with Gasteiger partial charge in [-0.1, -0.05) is 6.07 Å². The van der Waals surface area contributed by atoms with Crippen LogP contribution >= 0.6 is 11.3 Å². The highest BCUT2D eigenvalue weighted by Crippen LogP contribution is 2.22. The summed E-state index contributed by atoms with van der Waals surface area (Å²) in [5.41, 5.74) is 1.60. The highest BCUT2D eigenvalue weighted by atomic mass is 32.1. The maximum atomic E-state index is 13.1. The molecule has 0 N–H and O–H groups in total. The van der Waals surface area contributed by atoms with Crippen molar-refractivity contribution in [1.82, 2.24) is 14.9 Å². The number of halogens is 1. The van der Waals surface area contributed by atoms with Crippen LogP contribution in [0.2, 0.25) is 0 Å². The zero-order chi connectivity index (χ0) is 19.3.